The van der Waals surface area contributed by atoms with Crippen molar-refractivity contribution in [2.75, 3.05) is 4.90 Å². The summed E-state index contributed by atoms with van der Waals surface area (Å²) >= 11 is 0. The lowest BCUT2D eigenvalue weighted by Gasteiger charge is -2.28. The molecular formula is C67H40F6N6. The lowest BCUT2D eigenvalue weighted by atomic mass is 9.82. The summed E-state index contributed by atoms with van der Waals surface area (Å²) in [6, 6.07) is 75.0. The van der Waals surface area contributed by atoms with Crippen LogP contribution < -0.4 is 15.3 Å². The molecule has 0 amide bonds. The Morgan fingerprint density at radius 3 is 1.42 bits per heavy atom. The topological polar surface area (TPSA) is 103 Å². The number of fused-ring (bicyclic) bond motifs is 7. The summed E-state index contributed by atoms with van der Waals surface area (Å²) in [5.41, 5.74) is 14.6. The van der Waals surface area contributed by atoms with Crippen LogP contribution in [0, 0.1) is 80.2 Å². The molecule has 0 fully saturated rings. The highest BCUT2D eigenvalue weighted by molar-refractivity contribution is 6.10. The largest absolute Gasteiger partial charge is 0.310 e. The number of benzene rings is 10. The number of rotatable bonds is 6. The minimum atomic E-state index is -2.23. The molecule has 0 spiro atoms. The van der Waals surface area contributed by atoms with Crippen LogP contribution in [0.1, 0.15) is 26.4 Å². The Balaban J connectivity index is 0.000000226. The first kappa shape index (κ1) is 50.5. The second-order valence-electron chi connectivity index (χ2n) is 19.2. The summed E-state index contributed by atoms with van der Waals surface area (Å²) in [6.07, 6.45) is 0. The average molecular weight is 1050 g/mol. The molecule has 10 aromatic carbocycles. The van der Waals surface area contributed by atoms with Crippen molar-refractivity contribution >= 4 is 60.8 Å². The fraction of sp³-hybridized carbons (Fsp3) is 0.0448. The van der Waals surface area contributed by atoms with Crippen molar-refractivity contribution in [3.8, 4) is 63.3 Å². The summed E-state index contributed by atoms with van der Waals surface area (Å²) in [6.45, 7) is 4.70. The molecule has 1 aliphatic rings. The van der Waals surface area contributed by atoms with Crippen LogP contribution in [-0.4, -0.2) is 4.57 Å². The highest BCUT2D eigenvalue weighted by Crippen LogP contribution is 2.51. The number of aromatic nitrogens is 1. The molecule has 0 bridgehead atoms. The average Bonchev–Trinajstić information content (AvgIpc) is 3.97. The number of hydrogen-bond acceptors (Lipinski definition) is 5. The minimum absolute atomic E-state index is 0. The molecule has 6 nitrogen and oxygen atoms in total. The number of nitriles is 4. The molecule has 0 saturated carbocycles. The van der Waals surface area contributed by atoms with Crippen LogP contribution in [0.5, 0.6) is 0 Å². The fourth-order valence-electron chi connectivity index (χ4n) is 10.7. The van der Waals surface area contributed by atoms with Gasteiger partial charge in [0.2, 0.25) is 0 Å². The normalized spacial score (nSPS) is 11.8. The minimum Gasteiger partial charge on any atom is -0.310 e. The molecule has 380 valence electrons. The van der Waals surface area contributed by atoms with E-state index in [0.717, 1.165) is 41.3 Å². The van der Waals surface area contributed by atoms with Gasteiger partial charge in [0, 0.05) is 40.4 Å². The maximum absolute atomic E-state index is 14.4. The molecule has 1 heterocycles. The van der Waals surface area contributed by atoms with Gasteiger partial charge in [-0.25, -0.2) is 26.3 Å². The molecule has 12 heteroatoms. The number of halogens is 6. The Bertz CT molecular complexity index is 4490. The number of nitrogens with zero attached hydrogens (tertiary/aromatic N) is 6. The summed E-state index contributed by atoms with van der Waals surface area (Å²) in [7, 11) is 0. The zero-order valence-electron chi connectivity index (χ0n) is 41.9. The third kappa shape index (κ3) is 8.37. The maximum atomic E-state index is 14.4. The Labute approximate surface area is 450 Å². The summed E-state index contributed by atoms with van der Waals surface area (Å²) in [5, 5.41) is 30.6. The van der Waals surface area contributed by atoms with Gasteiger partial charge in [-0.1, -0.05) is 141 Å². The molecule has 12 rings (SSSR count). The smallest absolute Gasteiger partial charge is 0.171 e. The Kier molecular flexibility index (Phi) is 12.9. The van der Waals surface area contributed by atoms with Crippen molar-refractivity contribution < 1.29 is 27.8 Å². The highest BCUT2D eigenvalue weighted by Gasteiger charge is 2.36. The molecule has 1 aromatic heterocycles. The number of hydrogen-bond donors (Lipinski definition) is 0. The standard InChI is InChI=1S/C51H38N2.C16F6N4.H2/c1-51(2)47-19-11-9-17-43(47)44-31-30-42(34-48(44)51)52(40-26-21-36(22-27-40)35-13-5-3-6-14-35)41-28-23-37(24-29-41)38-25-32-50-46(33-38)45-18-10-12-20-49(45)53(50)39-15-7-4-8-16-39;17-11-7(5(1-23)2-24)13(19)15(21)10-9(11)16(22)14(20)8(12(10)18)6(3-25)4-26;/h3-34H,1-2H3;;1H/i;;1+2. The zero-order chi connectivity index (χ0) is 55.3. The maximum Gasteiger partial charge on any atom is 0.171 e. The molecule has 0 saturated heterocycles. The van der Waals surface area contributed by atoms with Crippen molar-refractivity contribution in [3.05, 3.63) is 251 Å². The van der Waals surface area contributed by atoms with E-state index in [9.17, 15) is 26.3 Å². The van der Waals surface area contributed by atoms with Gasteiger partial charge in [0.15, 0.2) is 23.3 Å². The van der Waals surface area contributed by atoms with E-state index in [1.165, 1.54) is 72.0 Å². The van der Waals surface area contributed by atoms with Crippen molar-refractivity contribution in [2.45, 2.75) is 19.3 Å². The Morgan fingerprint density at radius 2 is 0.848 bits per heavy atom. The summed E-state index contributed by atoms with van der Waals surface area (Å²) in [5.74, 6) is -13.0. The summed E-state index contributed by atoms with van der Waals surface area (Å²) in [4.78, 5) is 2.40. The van der Waals surface area contributed by atoms with E-state index < -0.39 is 67.3 Å². The van der Waals surface area contributed by atoms with Crippen molar-refractivity contribution in [3.63, 3.8) is 0 Å². The van der Waals surface area contributed by atoms with Gasteiger partial charge in [0.1, 0.15) is 47.1 Å². The van der Waals surface area contributed by atoms with Gasteiger partial charge in [0.25, 0.3) is 0 Å². The van der Waals surface area contributed by atoms with Crippen molar-refractivity contribution in [1.82, 2.24) is 4.57 Å². The molecule has 0 atom stereocenters. The van der Waals surface area contributed by atoms with Crippen LogP contribution in [0.25, 0.3) is 82.8 Å². The van der Waals surface area contributed by atoms with E-state index in [2.05, 4.69) is 217 Å². The van der Waals surface area contributed by atoms with Crippen molar-refractivity contribution in [1.29, 1.82) is 21.0 Å². The Hall–Kier alpha value is -10.7. The van der Waals surface area contributed by atoms with E-state index >= 15 is 0 Å². The van der Waals surface area contributed by atoms with Crippen LogP contribution in [0.15, 0.2) is 194 Å². The van der Waals surface area contributed by atoms with Gasteiger partial charge in [-0.15, -0.1) is 0 Å². The van der Waals surface area contributed by atoms with Crippen molar-refractivity contribution in [2.24, 2.45) is 0 Å². The van der Waals surface area contributed by atoms with Gasteiger partial charge in [0.05, 0.1) is 32.2 Å². The SMILES string of the molecule is CC1(C)c2ccccc2-c2ccc(N(c3ccc(-c4ccccc4)cc3)c3ccc(-c4ccc5c(c4)c4ccccc4n5-c4ccccc4)cc3)cc21.N#CC(C#N)=c1c(F)c(F)c2c(F)c(=C(C#N)C#N)c(F)c(F)c2c1F.[3HH]. The summed E-state index contributed by atoms with van der Waals surface area (Å²) < 4.78 is 87.8. The monoisotopic (exact) mass is 1040 g/mol. The molecule has 79 heavy (non-hydrogen) atoms. The molecule has 0 unspecified atom stereocenters. The molecule has 0 aliphatic heterocycles. The van der Waals surface area contributed by atoms with Gasteiger partial charge in [-0.05, 0) is 111 Å². The van der Waals surface area contributed by atoms with Crippen LogP contribution in [0.3, 0.4) is 0 Å². The van der Waals surface area contributed by atoms with Crippen LogP contribution >= 0.6 is 0 Å². The van der Waals surface area contributed by atoms with E-state index in [0.29, 0.717) is 0 Å². The molecular weight excluding hydrogens is 1000 g/mol. The van der Waals surface area contributed by atoms with E-state index in [1.54, 1.807) is 0 Å². The predicted molar refractivity (Wildman–Crippen MR) is 298 cm³/mol. The van der Waals surface area contributed by atoms with Gasteiger partial charge in [-0.2, -0.15) is 21.0 Å². The number of para-hydroxylation sites is 2. The first-order chi connectivity index (χ1) is 38.3. The second-order valence-corrected chi connectivity index (χ2v) is 19.2. The quantitative estimate of drug-likeness (QED) is 0.122. The van der Waals surface area contributed by atoms with E-state index in [-0.39, 0.29) is 6.84 Å². The predicted octanol–water partition coefficient (Wildman–Crippen LogP) is 16.2. The van der Waals surface area contributed by atoms with E-state index in [1.807, 2.05) is 0 Å². The number of anilines is 3. The molecule has 11 aromatic rings. The van der Waals surface area contributed by atoms with Crippen LogP contribution in [-0.2, 0) is 5.41 Å². The van der Waals surface area contributed by atoms with Crippen LogP contribution in [0.4, 0.5) is 43.4 Å². The van der Waals surface area contributed by atoms with Gasteiger partial charge in [-0.3, -0.25) is 0 Å². The lowest BCUT2D eigenvalue weighted by molar-refractivity contribution is 0.471. The third-order valence-corrected chi connectivity index (χ3v) is 14.5. The second kappa shape index (κ2) is 20.1. The van der Waals surface area contributed by atoms with E-state index in [4.69, 9.17) is 21.0 Å². The Morgan fingerprint density at radius 1 is 0.405 bits per heavy atom. The fourth-order valence-corrected chi connectivity index (χ4v) is 10.7. The molecule has 0 radical (unpaired) electrons. The first-order valence-electron chi connectivity index (χ1n) is 24.7. The van der Waals surface area contributed by atoms with Gasteiger partial charge >= 0.3 is 0 Å². The van der Waals surface area contributed by atoms with Crippen LogP contribution in [0.2, 0.25) is 0 Å². The highest BCUT2D eigenvalue weighted by atomic mass is 19.2. The first-order valence-corrected chi connectivity index (χ1v) is 24.7. The molecule has 1 aliphatic carbocycles. The third-order valence-electron chi connectivity index (χ3n) is 14.5. The lowest BCUT2D eigenvalue weighted by Crippen LogP contribution is -2.25. The van der Waals surface area contributed by atoms with Gasteiger partial charge < -0.3 is 9.47 Å². The zero-order valence-corrected chi connectivity index (χ0v) is 41.9. The molecule has 0 N–H and O–H groups in total.